The van der Waals surface area contributed by atoms with Crippen LogP contribution in [0.1, 0.15) is 11.1 Å². The van der Waals surface area contributed by atoms with Gasteiger partial charge in [-0.05, 0) is 35.9 Å². The van der Waals surface area contributed by atoms with Crippen LogP contribution in [0, 0.1) is 0 Å². The highest BCUT2D eigenvalue weighted by Crippen LogP contribution is 2.24. The van der Waals surface area contributed by atoms with Gasteiger partial charge in [0.15, 0.2) is 5.17 Å². The molecule has 8 heteroatoms. The number of hydrogen-bond acceptors (Lipinski definition) is 6. The van der Waals surface area contributed by atoms with E-state index in [1.807, 2.05) is 42.5 Å². The van der Waals surface area contributed by atoms with Crippen molar-refractivity contribution in [3.8, 4) is 11.5 Å². The van der Waals surface area contributed by atoms with E-state index in [0.717, 1.165) is 21.3 Å². The average Bonchev–Trinajstić information content (AvgIpc) is 3.02. The van der Waals surface area contributed by atoms with Crippen molar-refractivity contribution < 1.29 is 14.3 Å². The van der Waals surface area contributed by atoms with Crippen LogP contribution >= 0.6 is 27.7 Å². The summed E-state index contributed by atoms with van der Waals surface area (Å²) in [5, 5.41) is 8.98. The van der Waals surface area contributed by atoms with Crippen LogP contribution in [0.4, 0.5) is 0 Å². The van der Waals surface area contributed by atoms with E-state index in [2.05, 4.69) is 26.1 Å². The number of hydrogen-bond donors (Lipinski definition) is 0. The van der Waals surface area contributed by atoms with E-state index < -0.39 is 0 Å². The number of thioether (sulfide) groups is 1. The molecule has 1 fully saturated rings. The molecule has 0 radical (unpaired) electrons. The molecular weight excluding hydrogens is 430 g/mol. The normalized spacial score (nSPS) is 15.7. The summed E-state index contributed by atoms with van der Waals surface area (Å²) in [7, 11) is 3.23. The molecule has 1 heterocycles. The highest BCUT2D eigenvalue weighted by molar-refractivity contribution is 9.10. The van der Waals surface area contributed by atoms with Crippen LogP contribution in [0.3, 0.4) is 0 Å². The van der Waals surface area contributed by atoms with Gasteiger partial charge >= 0.3 is 0 Å². The zero-order chi connectivity index (χ0) is 19.2. The highest BCUT2D eigenvalue weighted by atomic mass is 79.9. The molecule has 2 aromatic rings. The number of amidine groups is 1. The molecule has 27 heavy (non-hydrogen) atoms. The summed E-state index contributed by atoms with van der Waals surface area (Å²) >= 11 is 4.81. The van der Waals surface area contributed by atoms with E-state index in [4.69, 9.17) is 9.47 Å². The van der Waals surface area contributed by atoms with Gasteiger partial charge in [-0.1, -0.05) is 39.8 Å². The Morgan fingerprint density at radius 2 is 1.96 bits per heavy atom. The van der Waals surface area contributed by atoms with Crippen molar-refractivity contribution in [3.05, 3.63) is 58.1 Å². The number of nitrogens with zero attached hydrogens (tertiary/aromatic N) is 3. The third-order valence-electron chi connectivity index (χ3n) is 3.89. The molecule has 0 aromatic heterocycles. The molecule has 140 valence electrons. The first-order valence-electron chi connectivity index (χ1n) is 8.11. The number of methoxy groups -OCH3 is 2. The van der Waals surface area contributed by atoms with Crippen LogP contribution in [0.2, 0.25) is 0 Å². The lowest BCUT2D eigenvalue weighted by atomic mass is 10.2. The standard InChI is InChI=1S/C19H18BrN3O3S/c1-25-16-6-3-13(4-7-16)11-23-18(24)12-27-19(23)22-21-10-14-9-15(20)5-8-17(14)26-2/h3-10H,11-12H2,1-2H3/b21-10-,22-19-. The SMILES string of the molecule is COc1ccc(CN2C(=O)CS/C2=N\N=C/c2cc(Br)ccc2OC)cc1. The third-order valence-corrected chi connectivity index (χ3v) is 5.33. The second-order valence-electron chi connectivity index (χ2n) is 5.63. The molecule has 3 rings (SSSR count). The Hall–Kier alpha value is -2.32. The molecule has 0 unspecified atom stereocenters. The van der Waals surface area contributed by atoms with Gasteiger partial charge in [-0.15, -0.1) is 5.10 Å². The van der Waals surface area contributed by atoms with Crippen molar-refractivity contribution in [1.29, 1.82) is 0 Å². The minimum absolute atomic E-state index is 0.0183. The summed E-state index contributed by atoms with van der Waals surface area (Å²) in [6.07, 6.45) is 1.62. The first kappa shape index (κ1) is 19.4. The predicted molar refractivity (Wildman–Crippen MR) is 112 cm³/mol. The number of halogens is 1. The maximum atomic E-state index is 12.2. The summed E-state index contributed by atoms with van der Waals surface area (Å²) in [4.78, 5) is 13.9. The molecule has 6 nitrogen and oxygen atoms in total. The Morgan fingerprint density at radius 3 is 2.67 bits per heavy atom. The lowest BCUT2D eigenvalue weighted by molar-refractivity contribution is -0.124. The number of carbonyl (C=O) groups is 1. The number of ether oxygens (including phenoxy) is 2. The maximum Gasteiger partial charge on any atom is 0.239 e. The lowest BCUT2D eigenvalue weighted by Crippen LogP contribution is -2.28. The summed E-state index contributed by atoms with van der Waals surface area (Å²) in [5.74, 6) is 1.87. The molecule has 1 aliphatic rings. The van der Waals surface area contributed by atoms with Gasteiger partial charge in [-0.25, -0.2) is 0 Å². The smallest absolute Gasteiger partial charge is 0.239 e. The van der Waals surface area contributed by atoms with Gasteiger partial charge in [0, 0.05) is 10.0 Å². The molecular formula is C19H18BrN3O3S. The van der Waals surface area contributed by atoms with Gasteiger partial charge in [-0.3, -0.25) is 9.69 Å². The van der Waals surface area contributed by atoms with E-state index in [1.54, 1.807) is 25.3 Å². The molecule has 1 aliphatic heterocycles. The fourth-order valence-electron chi connectivity index (χ4n) is 2.49. The fourth-order valence-corrected chi connectivity index (χ4v) is 3.70. The van der Waals surface area contributed by atoms with Crippen LogP contribution < -0.4 is 9.47 Å². The molecule has 0 atom stereocenters. The Bertz CT molecular complexity index is 884. The summed E-state index contributed by atoms with van der Waals surface area (Å²) < 4.78 is 11.4. The van der Waals surface area contributed by atoms with E-state index >= 15 is 0 Å². The minimum Gasteiger partial charge on any atom is -0.497 e. The first-order chi connectivity index (χ1) is 13.1. The van der Waals surface area contributed by atoms with Gasteiger partial charge in [0.25, 0.3) is 0 Å². The largest absolute Gasteiger partial charge is 0.497 e. The van der Waals surface area contributed by atoms with E-state index in [-0.39, 0.29) is 5.91 Å². The first-order valence-corrected chi connectivity index (χ1v) is 9.89. The van der Waals surface area contributed by atoms with Crippen molar-refractivity contribution in [2.24, 2.45) is 10.2 Å². The molecule has 0 saturated carbocycles. The number of rotatable bonds is 6. The monoisotopic (exact) mass is 447 g/mol. The fraction of sp³-hybridized carbons (Fsp3) is 0.211. The molecule has 0 aliphatic carbocycles. The zero-order valence-corrected chi connectivity index (χ0v) is 17.3. The van der Waals surface area contributed by atoms with Gasteiger partial charge in [0.05, 0.1) is 32.7 Å². The summed E-state index contributed by atoms with van der Waals surface area (Å²) in [5.41, 5.74) is 1.80. The van der Waals surface area contributed by atoms with Crippen molar-refractivity contribution >= 4 is 45.0 Å². The van der Waals surface area contributed by atoms with E-state index in [0.29, 0.717) is 23.2 Å². The van der Waals surface area contributed by atoms with Gasteiger partial charge < -0.3 is 9.47 Å². The highest BCUT2D eigenvalue weighted by Gasteiger charge is 2.28. The Kier molecular flexibility index (Phi) is 6.52. The third kappa shape index (κ3) is 4.90. The summed E-state index contributed by atoms with van der Waals surface area (Å²) in [6, 6.07) is 13.2. The quantitative estimate of drug-likeness (QED) is 0.496. The summed E-state index contributed by atoms with van der Waals surface area (Å²) in [6.45, 7) is 0.449. The zero-order valence-electron chi connectivity index (χ0n) is 14.9. The van der Waals surface area contributed by atoms with Crippen molar-refractivity contribution in [2.75, 3.05) is 20.0 Å². The van der Waals surface area contributed by atoms with Crippen molar-refractivity contribution in [2.45, 2.75) is 6.54 Å². The second kappa shape index (κ2) is 9.05. The van der Waals surface area contributed by atoms with E-state index in [9.17, 15) is 4.79 Å². The topological polar surface area (TPSA) is 63.5 Å². The van der Waals surface area contributed by atoms with Crippen LogP contribution in [0.5, 0.6) is 11.5 Å². The van der Waals surface area contributed by atoms with Gasteiger partial charge in [-0.2, -0.15) is 5.10 Å². The maximum absolute atomic E-state index is 12.2. The van der Waals surface area contributed by atoms with Gasteiger partial charge in [0.1, 0.15) is 11.5 Å². The molecule has 1 saturated heterocycles. The van der Waals surface area contributed by atoms with Crippen LogP contribution in [0.15, 0.2) is 57.1 Å². The van der Waals surface area contributed by atoms with Gasteiger partial charge in [0.2, 0.25) is 5.91 Å². The Balaban J connectivity index is 1.76. The lowest BCUT2D eigenvalue weighted by Gasteiger charge is -2.15. The molecule has 0 bridgehead atoms. The minimum atomic E-state index is 0.0183. The number of amides is 1. The number of carbonyl (C=O) groups excluding carboxylic acids is 1. The average molecular weight is 448 g/mol. The predicted octanol–water partition coefficient (Wildman–Crippen LogP) is 3.93. The molecule has 0 spiro atoms. The molecule has 2 aromatic carbocycles. The second-order valence-corrected chi connectivity index (χ2v) is 7.49. The van der Waals surface area contributed by atoms with Crippen LogP contribution in [-0.4, -0.2) is 42.2 Å². The van der Waals surface area contributed by atoms with Crippen LogP contribution in [0.25, 0.3) is 0 Å². The Labute approximate surface area is 170 Å². The Morgan fingerprint density at radius 1 is 1.19 bits per heavy atom. The van der Waals surface area contributed by atoms with Crippen LogP contribution in [-0.2, 0) is 11.3 Å². The number of benzene rings is 2. The van der Waals surface area contributed by atoms with Crippen molar-refractivity contribution in [1.82, 2.24) is 4.90 Å². The van der Waals surface area contributed by atoms with E-state index in [1.165, 1.54) is 11.8 Å². The van der Waals surface area contributed by atoms with Crippen molar-refractivity contribution in [3.63, 3.8) is 0 Å². The molecule has 0 N–H and O–H groups in total. The molecule has 1 amide bonds.